The van der Waals surface area contributed by atoms with Crippen molar-refractivity contribution < 1.29 is 0 Å². The summed E-state index contributed by atoms with van der Waals surface area (Å²) in [5.41, 5.74) is 22.3. The topological polar surface area (TPSA) is 57.0 Å². The van der Waals surface area contributed by atoms with Crippen LogP contribution in [0.1, 0.15) is 50.7 Å². The predicted octanol–water partition coefficient (Wildman–Crippen LogP) is 7.46. The second-order valence-electron chi connectivity index (χ2n) is 10.2. The molecule has 1 heterocycles. The Balaban J connectivity index is 1.60. The molecule has 36 heavy (non-hydrogen) atoms. The fourth-order valence-corrected chi connectivity index (χ4v) is 5.72. The summed E-state index contributed by atoms with van der Waals surface area (Å²) in [5.74, 6) is 0.524. The molecule has 0 spiro atoms. The molecule has 0 amide bonds. The number of hydrogen-bond donors (Lipinski definition) is 2. The first-order valence-electron chi connectivity index (χ1n) is 13.6. The molecule has 3 nitrogen and oxygen atoms in total. The number of aromatic nitrogens is 1. The van der Waals surface area contributed by atoms with Crippen LogP contribution in [0.4, 0.5) is 0 Å². The molecule has 1 atom stereocenters. The zero-order valence-corrected chi connectivity index (χ0v) is 21.8. The van der Waals surface area contributed by atoms with Crippen LogP contribution in [0.25, 0.3) is 38.5 Å². The Morgan fingerprint density at radius 1 is 0.806 bits per heavy atom. The lowest BCUT2D eigenvalue weighted by molar-refractivity contribution is 0.737. The lowest BCUT2D eigenvalue weighted by Crippen LogP contribution is -2.05. The van der Waals surface area contributed by atoms with E-state index in [1.165, 1.54) is 55.2 Å². The van der Waals surface area contributed by atoms with E-state index in [9.17, 15) is 0 Å². The average Bonchev–Trinajstić information content (AvgIpc) is 3.23. The highest BCUT2D eigenvalue weighted by molar-refractivity contribution is 6.10. The Labute approximate surface area is 215 Å². The molecule has 4 aromatic rings. The smallest absolute Gasteiger partial charge is 0.0491 e. The van der Waals surface area contributed by atoms with Gasteiger partial charge in [0.2, 0.25) is 0 Å². The van der Waals surface area contributed by atoms with E-state index in [-0.39, 0.29) is 0 Å². The van der Waals surface area contributed by atoms with Gasteiger partial charge in [-0.1, -0.05) is 61.0 Å². The summed E-state index contributed by atoms with van der Waals surface area (Å²) in [4.78, 5) is 0. The van der Waals surface area contributed by atoms with Crippen LogP contribution in [-0.2, 0) is 13.0 Å². The molecule has 3 heteroatoms. The molecular formula is C33H39N3. The van der Waals surface area contributed by atoms with Crippen LogP contribution < -0.4 is 11.5 Å². The first kappa shape index (κ1) is 24.5. The standard InChI is InChI=1S/C33H39N3/c1-3-36-32-15-13-27(26-10-4-7-24(19-26)8-5-17-34)21-30(32)31-22-28(14-16-33(31)36)29-20-25(9-6-18-35)12-11-23(29)2/h4,7,10,12-16,19-23H,3,5-6,8-9,11,17-18,34-35H2,1-2H3. The highest BCUT2D eigenvalue weighted by atomic mass is 15.0. The van der Waals surface area contributed by atoms with Crippen molar-refractivity contribution in [3.8, 4) is 11.1 Å². The van der Waals surface area contributed by atoms with Gasteiger partial charge in [0.15, 0.2) is 0 Å². The number of benzene rings is 3. The first-order chi connectivity index (χ1) is 17.6. The number of nitrogens with zero attached hydrogens (tertiary/aromatic N) is 1. The minimum atomic E-state index is 0.524. The van der Waals surface area contributed by atoms with Crippen LogP contribution in [0.5, 0.6) is 0 Å². The van der Waals surface area contributed by atoms with Crippen LogP contribution in [-0.4, -0.2) is 17.7 Å². The summed E-state index contributed by atoms with van der Waals surface area (Å²) >= 11 is 0. The van der Waals surface area contributed by atoms with Gasteiger partial charge in [-0.3, -0.25) is 0 Å². The normalized spacial score (nSPS) is 15.9. The molecule has 0 aliphatic heterocycles. The van der Waals surface area contributed by atoms with E-state index >= 15 is 0 Å². The lowest BCUT2D eigenvalue weighted by atomic mass is 9.84. The van der Waals surface area contributed by atoms with Gasteiger partial charge in [0, 0.05) is 28.4 Å². The van der Waals surface area contributed by atoms with E-state index in [0.29, 0.717) is 5.92 Å². The Morgan fingerprint density at radius 3 is 2.19 bits per heavy atom. The molecule has 1 aliphatic rings. The van der Waals surface area contributed by atoms with Crippen LogP contribution in [0, 0.1) is 5.92 Å². The summed E-state index contributed by atoms with van der Waals surface area (Å²) in [6.45, 7) is 7.02. The molecule has 5 rings (SSSR count). The molecule has 0 saturated heterocycles. The lowest BCUT2D eigenvalue weighted by Gasteiger charge is -2.21. The second kappa shape index (κ2) is 10.9. The van der Waals surface area contributed by atoms with Crippen molar-refractivity contribution in [3.05, 3.63) is 89.5 Å². The SMILES string of the molecule is CCn1c2ccc(C3=CC(CCCN)=CCC3C)cc2c2cc(-c3cccc(CCCN)c3)ccc21. The van der Waals surface area contributed by atoms with Gasteiger partial charge in [0.1, 0.15) is 0 Å². The minimum absolute atomic E-state index is 0.524. The van der Waals surface area contributed by atoms with E-state index < -0.39 is 0 Å². The van der Waals surface area contributed by atoms with E-state index in [4.69, 9.17) is 11.5 Å². The molecule has 186 valence electrons. The monoisotopic (exact) mass is 477 g/mol. The van der Waals surface area contributed by atoms with Crippen molar-refractivity contribution in [2.24, 2.45) is 17.4 Å². The van der Waals surface area contributed by atoms with Crippen molar-refractivity contribution in [1.29, 1.82) is 0 Å². The van der Waals surface area contributed by atoms with Gasteiger partial charge in [-0.05, 0) is 110 Å². The van der Waals surface area contributed by atoms with E-state index in [1.54, 1.807) is 0 Å². The molecule has 1 unspecified atom stereocenters. The van der Waals surface area contributed by atoms with Gasteiger partial charge < -0.3 is 16.0 Å². The predicted molar refractivity (Wildman–Crippen MR) is 156 cm³/mol. The third kappa shape index (κ3) is 4.78. The summed E-state index contributed by atoms with van der Waals surface area (Å²) in [7, 11) is 0. The van der Waals surface area contributed by atoms with E-state index in [2.05, 4.69) is 91.2 Å². The Morgan fingerprint density at radius 2 is 1.47 bits per heavy atom. The fraction of sp³-hybridized carbons (Fsp3) is 0.333. The van der Waals surface area contributed by atoms with E-state index in [1.807, 2.05) is 0 Å². The molecule has 4 N–H and O–H groups in total. The quantitative estimate of drug-likeness (QED) is 0.263. The number of allylic oxidation sites excluding steroid dienone is 4. The Bertz CT molecular complexity index is 1440. The number of fused-ring (bicyclic) bond motifs is 3. The second-order valence-corrected chi connectivity index (χ2v) is 10.2. The molecule has 3 aromatic carbocycles. The van der Waals surface area contributed by atoms with Gasteiger partial charge in [-0.2, -0.15) is 0 Å². The summed E-state index contributed by atoms with van der Waals surface area (Å²) in [6.07, 6.45) is 10.1. The average molecular weight is 478 g/mol. The van der Waals surface area contributed by atoms with Gasteiger partial charge in [-0.15, -0.1) is 0 Å². The molecular weight excluding hydrogens is 438 g/mol. The first-order valence-corrected chi connectivity index (χ1v) is 13.6. The van der Waals surface area contributed by atoms with Crippen molar-refractivity contribution >= 4 is 27.4 Å². The maximum absolute atomic E-state index is 5.78. The minimum Gasteiger partial charge on any atom is -0.341 e. The molecule has 1 aromatic heterocycles. The number of nitrogens with two attached hydrogens (primary N) is 2. The molecule has 0 saturated carbocycles. The third-order valence-electron chi connectivity index (χ3n) is 7.72. The largest absolute Gasteiger partial charge is 0.341 e. The van der Waals surface area contributed by atoms with Crippen molar-refractivity contribution in [3.63, 3.8) is 0 Å². The number of aryl methyl sites for hydroxylation is 2. The third-order valence-corrected chi connectivity index (χ3v) is 7.72. The number of rotatable bonds is 9. The van der Waals surface area contributed by atoms with Crippen molar-refractivity contribution in [1.82, 2.24) is 4.57 Å². The maximum Gasteiger partial charge on any atom is 0.0491 e. The van der Waals surface area contributed by atoms with Crippen molar-refractivity contribution in [2.75, 3.05) is 13.1 Å². The Kier molecular flexibility index (Phi) is 7.41. The molecule has 1 aliphatic carbocycles. The van der Waals surface area contributed by atoms with E-state index in [0.717, 1.165) is 51.7 Å². The van der Waals surface area contributed by atoms with Crippen LogP contribution in [0.15, 0.2) is 78.4 Å². The highest BCUT2D eigenvalue weighted by Gasteiger charge is 2.18. The summed E-state index contributed by atoms with van der Waals surface area (Å²) < 4.78 is 2.45. The molecule has 0 bridgehead atoms. The fourth-order valence-electron chi connectivity index (χ4n) is 5.72. The zero-order valence-electron chi connectivity index (χ0n) is 21.8. The van der Waals surface area contributed by atoms with Gasteiger partial charge >= 0.3 is 0 Å². The maximum atomic E-state index is 5.78. The molecule has 0 radical (unpaired) electrons. The zero-order chi connectivity index (χ0) is 25.1. The van der Waals surface area contributed by atoms with Crippen LogP contribution in [0.2, 0.25) is 0 Å². The summed E-state index contributed by atoms with van der Waals surface area (Å²) in [5, 5.41) is 2.68. The Hall–Kier alpha value is -3.14. The van der Waals surface area contributed by atoms with Crippen LogP contribution in [0.3, 0.4) is 0 Å². The van der Waals surface area contributed by atoms with Crippen LogP contribution >= 0.6 is 0 Å². The number of hydrogen-bond acceptors (Lipinski definition) is 2. The van der Waals surface area contributed by atoms with Crippen molar-refractivity contribution in [2.45, 2.75) is 52.5 Å². The summed E-state index contributed by atoms with van der Waals surface area (Å²) in [6, 6.07) is 23.0. The van der Waals surface area contributed by atoms with Gasteiger partial charge in [-0.25, -0.2) is 0 Å². The molecule has 0 fully saturated rings. The van der Waals surface area contributed by atoms with Gasteiger partial charge in [0.25, 0.3) is 0 Å². The van der Waals surface area contributed by atoms with Gasteiger partial charge in [0.05, 0.1) is 0 Å². The highest BCUT2D eigenvalue weighted by Crippen LogP contribution is 2.38.